The largest absolute Gasteiger partial charge is 0.342 e. The van der Waals surface area contributed by atoms with Crippen LogP contribution in [-0.2, 0) is 11.3 Å². The molecule has 0 radical (unpaired) electrons. The quantitative estimate of drug-likeness (QED) is 0.252. The van der Waals surface area contributed by atoms with E-state index >= 15 is 0 Å². The number of rotatable bonds is 9. The van der Waals surface area contributed by atoms with Crippen molar-refractivity contribution in [1.82, 2.24) is 20.1 Å². The lowest BCUT2D eigenvalue weighted by molar-refractivity contribution is -0.113. The van der Waals surface area contributed by atoms with Crippen LogP contribution >= 0.6 is 34.4 Å². The number of hydrogen-bond acceptors (Lipinski definition) is 5. The van der Waals surface area contributed by atoms with E-state index in [0.717, 1.165) is 20.4 Å². The molecule has 0 saturated carbocycles. The van der Waals surface area contributed by atoms with Crippen molar-refractivity contribution >= 4 is 51.9 Å². The van der Waals surface area contributed by atoms with Crippen molar-refractivity contribution in [3.8, 4) is 0 Å². The van der Waals surface area contributed by atoms with Gasteiger partial charge < -0.3 is 15.2 Å². The number of thioether (sulfide) groups is 1. The molecule has 0 aliphatic carbocycles. The van der Waals surface area contributed by atoms with E-state index in [1.165, 1.54) is 11.8 Å². The van der Waals surface area contributed by atoms with Gasteiger partial charge in [-0.25, -0.2) is 0 Å². The molecule has 0 bridgehead atoms. The summed E-state index contributed by atoms with van der Waals surface area (Å²) in [7, 11) is 0. The molecular formula is C25H30IN5O2S. The minimum absolute atomic E-state index is 0.0962. The molecular weight excluding hydrogens is 561 g/mol. The molecule has 0 aliphatic rings. The van der Waals surface area contributed by atoms with E-state index in [4.69, 9.17) is 0 Å². The minimum Gasteiger partial charge on any atom is -0.342 e. The van der Waals surface area contributed by atoms with Gasteiger partial charge in [0.1, 0.15) is 0 Å². The van der Waals surface area contributed by atoms with Crippen LogP contribution in [0.3, 0.4) is 0 Å². The summed E-state index contributed by atoms with van der Waals surface area (Å²) < 4.78 is 3.07. The van der Waals surface area contributed by atoms with E-state index in [-0.39, 0.29) is 23.6 Å². The molecule has 9 heteroatoms. The molecule has 180 valence electrons. The van der Waals surface area contributed by atoms with Crippen LogP contribution in [0.1, 0.15) is 67.0 Å². The summed E-state index contributed by atoms with van der Waals surface area (Å²) in [5, 5.41) is 15.3. The number of nitrogens with one attached hydrogen (secondary N) is 2. The fourth-order valence-corrected chi connectivity index (χ4v) is 4.92. The normalized spacial score (nSPS) is 12.0. The van der Waals surface area contributed by atoms with Crippen molar-refractivity contribution in [2.24, 2.45) is 0 Å². The Morgan fingerprint density at radius 3 is 2.56 bits per heavy atom. The average Bonchev–Trinajstić information content (AvgIpc) is 3.21. The molecule has 34 heavy (non-hydrogen) atoms. The lowest BCUT2D eigenvalue weighted by Gasteiger charge is -2.16. The molecule has 1 aromatic heterocycles. The van der Waals surface area contributed by atoms with Gasteiger partial charge >= 0.3 is 0 Å². The molecule has 0 saturated heterocycles. The predicted octanol–water partition coefficient (Wildman–Crippen LogP) is 5.56. The highest BCUT2D eigenvalue weighted by molar-refractivity contribution is 14.1. The Bertz CT molecular complexity index is 1180. The molecule has 0 aliphatic heterocycles. The number of amides is 2. The maximum Gasteiger partial charge on any atom is 0.251 e. The van der Waals surface area contributed by atoms with Crippen molar-refractivity contribution in [2.75, 3.05) is 11.1 Å². The minimum atomic E-state index is -0.330. The number of hydrogen-bond donors (Lipinski definition) is 2. The van der Waals surface area contributed by atoms with E-state index in [0.29, 0.717) is 29.0 Å². The molecule has 3 rings (SSSR count). The highest BCUT2D eigenvalue weighted by Gasteiger charge is 2.20. The number of aromatic nitrogens is 3. The number of anilines is 1. The standard InChI is InChI=1S/C25H30IN5O2S/c1-6-31-23(17(5)27-24(33)18-9-7-8-16(4)12-18)29-30-25(31)34-14-22(32)28-21-11-10-19(26)13-20(21)15(2)3/h7-13,15,17H,6,14H2,1-5H3,(H,27,33)(H,28,32)/t17-/m0/s1. The second-order valence-corrected chi connectivity index (χ2v) is 10.6. The maximum atomic E-state index is 12.7. The number of halogens is 1. The van der Waals surface area contributed by atoms with E-state index in [1.807, 2.05) is 55.7 Å². The Morgan fingerprint density at radius 2 is 1.88 bits per heavy atom. The molecule has 7 nitrogen and oxygen atoms in total. The van der Waals surface area contributed by atoms with Crippen molar-refractivity contribution in [3.05, 3.63) is 68.5 Å². The van der Waals surface area contributed by atoms with Crippen molar-refractivity contribution < 1.29 is 9.59 Å². The zero-order valence-corrected chi connectivity index (χ0v) is 23.0. The number of carbonyl (C=O) groups is 2. The average molecular weight is 592 g/mol. The van der Waals surface area contributed by atoms with E-state index < -0.39 is 0 Å². The number of aryl methyl sites for hydroxylation is 1. The molecule has 0 spiro atoms. The van der Waals surface area contributed by atoms with Gasteiger partial charge in [-0.05, 0) is 85.2 Å². The van der Waals surface area contributed by atoms with Gasteiger partial charge in [-0.3, -0.25) is 9.59 Å². The third kappa shape index (κ3) is 6.59. The second kappa shape index (κ2) is 11.8. The van der Waals surface area contributed by atoms with Crippen LogP contribution in [-0.4, -0.2) is 32.3 Å². The molecule has 2 amide bonds. The molecule has 2 N–H and O–H groups in total. The van der Waals surface area contributed by atoms with Crippen LogP contribution in [0.25, 0.3) is 0 Å². The van der Waals surface area contributed by atoms with Crippen molar-refractivity contribution in [3.63, 3.8) is 0 Å². The summed E-state index contributed by atoms with van der Waals surface area (Å²) in [4.78, 5) is 25.3. The van der Waals surface area contributed by atoms with Gasteiger partial charge in [0, 0.05) is 21.4 Å². The molecule has 1 heterocycles. The molecule has 0 fully saturated rings. The molecule has 3 aromatic rings. The summed E-state index contributed by atoms with van der Waals surface area (Å²) in [6.45, 7) is 10.7. The van der Waals surface area contributed by atoms with Gasteiger partial charge in [0.2, 0.25) is 5.91 Å². The topological polar surface area (TPSA) is 88.9 Å². The van der Waals surface area contributed by atoms with E-state index in [1.54, 1.807) is 6.07 Å². The van der Waals surface area contributed by atoms with Gasteiger partial charge in [0.05, 0.1) is 11.8 Å². The lowest BCUT2D eigenvalue weighted by atomic mass is 10.0. The zero-order valence-electron chi connectivity index (χ0n) is 20.1. The fraction of sp³-hybridized carbons (Fsp3) is 0.360. The molecule has 1 atom stereocenters. The van der Waals surface area contributed by atoms with Gasteiger partial charge in [0.25, 0.3) is 5.91 Å². The first-order chi connectivity index (χ1) is 16.2. The van der Waals surface area contributed by atoms with Crippen LogP contribution in [0, 0.1) is 10.5 Å². The second-order valence-electron chi connectivity index (χ2n) is 8.37. The third-order valence-corrected chi connectivity index (χ3v) is 6.96. The highest BCUT2D eigenvalue weighted by atomic mass is 127. The summed E-state index contributed by atoms with van der Waals surface area (Å²) >= 11 is 3.61. The third-order valence-electron chi connectivity index (χ3n) is 5.32. The van der Waals surface area contributed by atoms with Crippen LogP contribution in [0.15, 0.2) is 47.6 Å². The fourth-order valence-electron chi connectivity index (χ4n) is 3.60. The van der Waals surface area contributed by atoms with Crippen LogP contribution < -0.4 is 10.6 Å². The Morgan fingerprint density at radius 1 is 1.12 bits per heavy atom. The number of carbonyl (C=O) groups excluding carboxylic acids is 2. The summed E-state index contributed by atoms with van der Waals surface area (Å²) in [6, 6.07) is 13.2. The predicted molar refractivity (Wildman–Crippen MR) is 145 cm³/mol. The first-order valence-electron chi connectivity index (χ1n) is 11.2. The molecule has 0 unspecified atom stereocenters. The summed E-state index contributed by atoms with van der Waals surface area (Å²) in [6.07, 6.45) is 0. The first-order valence-corrected chi connectivity index (χ1v) is 13.3. The Kier molecular flexibility index (Phi) is 9.12. The lowest BCUT2D eigenvalue weighted by Crippen LogP contribution is -2.28. The smallest absolute Gasteiger partial charge is 0.251 e. The molecule has 2 aromatic carbocycles. The van der Waals surface area contributed by atoms with Gasteiger partial charge in [-0.1, -0.05) is 43.3 Å². The first kappa shape index (κ1) is 26.2. The Balaban J connectivity index is 1.65. The van der Waals surface area contributed by atoms with Gasteiger partial charge in [-0.15, -0.1) is 10.2 Å². The highest BCUT2D eigenvalue weighted by Crippen LogP contribution is 2.27. The monoisotopic (exact) mass is 591 g/mol. The maximum absolute atomic E-state index is 12.7. The van der Waals surface area contributed by atoms with E-state index in [2.05, 4.69) is 63.3 Å². The van der Waals surface area contributed by atoms with Gasteiger partial charge in [0.15, 0.2) is 11.0 Å². The van der Waals surface area contributed by atoms with Gasteiger partial charge in [-0.2, -0.15) is 0 Å². The van der Waals surface area contributed by atoms with Crippen molar-refractivity contribution in [2.45, 2.75) is 58.3 Å². The van der Waals surface area contributed by atoms with Crippen LogP contribution in [0.2, 0.25) is 0 Å². The number of benzene rings is 2. The Labute approximate surface area is 218 Å². The van der Waals surface area contributed by atoms with Crippen LogP contribution in [0.4, 0.5) is 5.69 Å². The SMILES string of the molecule is CCn1c(SCC(=O)Nc2ccc(I)cc2C(C)C)nnc1[C@H](C)NC(=O)c1cccc(C)c1. The summed E-state index contributed by atoms with van der Waals surface area (Å²) in [5.41, 5.74) is 3.59. The zero-order chi connectivity index (χ0) is 24.8. The summed E-state index contributed by atoms with van der Waals surface area (Å²) in [5.74, 6) is 0.923. The Hall–Kier alpha value is -2.40. The van der Waals surface area contributed by atoms with E-state index in [9.17, 15) is 9.59 Å². The van der Waals surface area contributed by atoms with Crippen LogP contribution in [0.5, 0.6) is 0 Å². The van der Waals surface area contributed by atoms with Crippen molar-refractivity contribution in [1.29, 1.82) is 0 Å². The number of nitrogens with zero attached hydrogens (tertiary/aromatic N) is 3.